The van der Waals surface area contributed by atoms with E-state index in [1.807, 2.05) is 18.2 Å². The minimum atomic E-state index is -0.584. The summed E-state index contributed by atoms with van der Waals surface area (Å²) in [5, 5.41) is 5.88. The fourth-order valence-electron chi connectivity index (χ4n) is 1.80. The van der Waals surface area contributed by atoms with Crippen LogP contribution in [0.4, 0.5) is 5.69 Å². The second-order valence-electron chi connectivity index (χ2n) is 4.00. The molecular formula is C12H13IN2O3. The molecule has 0 aromatic heterocycles. The molecule has 1 aromatic carbocycles. The van der Waals surface area contributed by atoms with Crippen LogP contribution in [0, 0.1) is 3.57 Å². The molecular weight excluding hydrogens is 347 g/mol. The lowest BCUT2D eigenvalue weighted by Crippen LogP contribution is -2.38. The van der Waals surface area contributed by atoms with E-state index < -0.39 is 12.0 Å². The molecule has 96 valence electrons. The molecule has 2 rings (SSSR count). The second-order valence-corrected chi connectivity index (χ2v) is 5.24. The summed E-state index contributed by atoms with van der Waals surface area (Å²) in [6, 6.07) is 5.29. The van der Waals surface area contributed by atoms with Gasteiger partial charge in [0.2, 0.25) is 5.91 Å². The highest BCUT2D eigenvalue weighted by Gasteiger charge is 2.25. The van der Waals surface area contributed by atoms with Crippen molar-refractivity contribution in [2.24, 2.45) is 0 Å². The van der Waals surface area contributed by atoms with Gasteiger partial charge >= 0.3 is 5.97 Å². The summed E-state index contributed by atoms with van der Waals surface area (Å²) in [4.78, 5) is 23.1. The lowest BCUT2D eigenvalue weighted by atomic mass is 10.1. The van der Waals surface area contributed by atoms with E-state index in [9.17, 15) is 9.59 Å². The number of ether oxygens (including phenoxy) is 1. The van der Waals surface area contributed by atoms with Crippen LogP contribution in [-0.4, -0.2) is 25.0 Å². The Morgan fingerprint density at radius 2 is 2.33 bits per heavy atom. The van der Waals surface area contributed by atoms with Crippen molar-refractivity contribution in [1.29, 1.82) is 0 Å². The van der Waals surface area contributed by atoms with Gasteiger partial charge < -0.3 is 15.4 Å². The SMILES string of the molecule is COC(=O)C[C@@H]1Nc2ccc(I)cc2CNC1=O. The van der Waals surface area contributed by atoms with Crippen molar-refractivity contribution < 1.29 is 14.3 Å². The van der Waals surface area contributed by atoms with Gasteiger partial charge in [-0.1, -0.05) is 0 Å². The van der Waals surface area contributed by atoms with Crippen LogP contribution in [0.3, 0.4) is 0 Å². The van der Waals surface area contributed by atoms with Crippen LogP contribution in [0.1, 0.15) is 12.0 Å². The largest absolute Gasteiger partial charge is 0.469 e. The molecule has 0 bridgehead atoms. The summed E-state index contributed by atoms with van der Waals surface area (Å²) in [6.45, 7) is 0.468. The van der Waals surface area contributed by atoms with E-state index in [2.05, 4.69) is 38.0 Å². The van der Waals surface area contributed by atoms with Crippen LogP contribution in [0.15, 0.2) is 18.2 Å². The summed E-state index contributed by atoms with van der Waals surface area (Å²) in [5.74, 6) is -0.594. The quantitative estimate of drug-likeness (QED) is 0.616. The highest BCUT2D eigenvalue weighted by molar-refractivity contribution is 14.1. The lowest BCUT2D eigenvalue weighted by molar-refractivity contribution is -0.142. The van der Waals surface area contributed by atoms with Gasteiger partial charge in [0.1, 0.15) is 6.04 Å². The Kier molecular flexibility index (Phi) is 4.05. The number of halogens is 1. The highest BCUT2D eigenvalue weighted by atomic mass is 127. The van der Waals surface area contributed by atoms with Crippen LogP contribution in [0.25, 0.3) is 0 Å². The second kappa shape index (κ2) is 5.55. The molecule has 6 heteroatoms. The third kappa shape index (κ3) is 2.92. The Morgan fingerprint density at radius 1 is 1.56 bits per heavy atom. The van der Waals surface area contributed by atoms with Crippen molar-refractivity contribution in [2.45, 2.75) is 19.0 Å². The van der Waals surface area contributed by atoms with Crippen LogP contribution in [0.5, 0.6) is 0 Å². The fourth-order valence-corrected chi connectivity index (χ4v) is 2.36. The number of rotatable bonds is 2. The van der Waals surface area contributed by atoms with Gasteiger partial charge in [0, 0.05) is 15.8 Å². The van der Waals surface area contributed by atoms with E-state index in [4.69, 9.17) is 0 Å². The van der Waals surface area contributed by atoms with Crippen molar-refractivity contribution in [1.82, 2.24) is 5.32 Å². The highest BCUT2D eigenvalue weighted by Crippen LogP contribution is 2.22. The van der Waals surface area contributed by atoms with Crippen molar-refractivity contribution in [3.8, 4) is 0 Å². The van der Waals surface area contributed by atoms with Gasteiger partial charge in [0.15, 0.2) is 0 Å². The number of hydrogen-bond acceptors (Lipinski definition) is 4. The third-order valence-corrected chi connectivity index (χ3v) is 3.44. The molecule has 1 aromatic rings. The molecule has 0 spiro atoms. The van der Waals surface area contributed by atoms with E-state index in [1.54, 1.807) is 0 Å². The van der Waals surface area contributed by atoms with E-state index in [-0.39, 0.29) is 12.3 Å². The summed E-state index contributed by atoms with van der Waals surface area (Å²) in [7, 11) is 1.31. The number of anilines is 1. The zero-order valence-corrected chi connectivity index (χ0v) is 12.0. The van der Waals surface area contributed by atoms with Gasteiger partial charge in [-0.05, 0) is 46.4 Å². The first-order valence-corrected chi connectivity index (χ1v) is 6.57. The zero-order chi connectivity index (χ0) is 13.1. The topological polar surface area (TPSA) is 67.4 Å². The number of nitrogens with one attached hydrogen (secondary N) is 2. The predicted molar refractivity (Wildman–Crippen MR) is 75.0 cm³/mol. The van der Waals surface area contributed by atoms with Crippen molar-refractivity contribution >= 4 is 40.2 Å². The molecule has 1 aliphatic heterocycles. The standard InChI is InChI=1S/C12H13IN2O3/c1-18-11(16)5-10-12(17)14-6-7-4-8(13)2-3-9(7)15-10/h2-4,10,15H,5-6H2,1H3,(H,14,17)/t10-/m0/s1. The van der Waals surface area contributed by atoms with E-state index in [0.717, 1.165) is 14.8 Å². The fraction of sp³-hybridized carbons (Fsp3) is 0.333. The zero-order valence-electron chi connectivity index (χ0n) is 9.83. The minimum Gasteiger partial charge on any atom is -0.469 e. The molecule has 0 unspecified atom stereocenters. The molecule has 1 atom stereocenters. The molecule has 1 amide bonds. The first kappa shape index (κ1) is 13.1. The third-order valence-electron chi connectivity index (χ3n) is 2.77. The molecule has 0 saturated heterocycles. The Hall–Kier alpha value is -1.31. The molecule has 1 heterocycles. The summed E-state index contributed by atoms with van der Waals surface area (Å²) in [5.41, 5.74) is 1.89. The number of carbonyl (C=O) groups is 2. The Balaban J connectivity index is 2.21. The minimum absolute atomic E-state index is 0.0216. The summed E-state index contributed by atoms with van der Waals surface area (Å²) in [6.07, 6.45) is 0.0216. The number of esters is 1. The van der Waals surface area contributed by atoms with E-state index >= 15 is 0 Å². The molecule has 0 radical (unpaired) electrons. The number of methoxy groups -OCH3 is 1. The van der Waals surface area contributed by atoms with E-state index in [1.165, 1.54) is 7.11 Å². The number of benzene rings is 1. The molecule has 18 heavy (non-hydrogen) atoms. The summed E-state index contributed by atoms with van der Waals surface area (Å²) < 4.78 is 5.69. The van der Waals surface area contributed by atoms with Crippen LogP contribution in [0.2, 0.25) is 0 Å². The smallest absolute Gasteiger partial charge is 0.308 e. The molecule has 1 aliphatic rings. The first-order valence-electron chi connectivity index (χ1n) is 5.49. The van der Waals surface area contributed by atoms with Gasteiger partial charge in [-0.2, -0.15) is 0 Å². The van der Waals surface area contributed by atoms with Gasteiger partial charge in [-0.3, -0.25) is 9.59 Å². The number of amides is 1. The van der Waals surface area contributed by atoms with Crippen LogP contribution >= 0.6 is 22.6 Å². The molecule has 2 N–H and O–H groups in total. The number of fused-ring (bicyclic) bond motifs is 1. The Morgan fingerprint density at radius 3 is 3.06 bits per heavy atom. The molecule has 5 nitrogen and oxygen atoms in total. The van der Waals surface area contributed by atoms with Crippen molar-refractivity contribution in [3.63, 3.8) is 0 Å². The first-order chi connectivity index (χ1) is 8.60. The predicted octanol–water partition coefficient (Wildman–Crippen LogP) is 1.26. The van der Waals surface area contributed by atoms with E-state index in [0.29, 0.717) is 6.54 Å². The molecule has 0 fully saturated rings. The number of carbonyl (C=O) groups excluding carboxylic acids is 2. The average molecular weight is 360 g/mol. The van der Waals surface area contributed by atoms with Crippen LogP contribution < -0.4 is 10.6 Å². The lowest BCUT2D eigenvalue weighted by Gasteiger charge is -2.15. The van der Waals surface area contributed by atoms with Crippen LogP contribution in [-0.2, 0) is 20.9 Å². The maximum atomic E-state index is 11.8. The average Bonchev–Trinajstić information content (AvgIpc) is 2.50. The van der Waals surface area contributed by atoms with Gasteiger partial charge in [-0.15, -0.1) is 0 Å². The van der Waals surface area contributed by atoms with Gasteiger partial charge in [0.25, 0.3) is 0 Å². The molecule has 0 saturated carbocycles. The maximum Gasteiger partial charge on any atom is 0.308 e. The Labute approximate surface area is 118 Å². The Bertz CT molecular complexity index is 490. The monoisotopic (exact) mass is 360 g/mol. The normalized spacial score (nSPS) is 18.1. The van der Waals surface area contributed by atoms with Gasteiger partial charge in [-0.25, -0.2) is 0 Å². The van der Waals surface area contributed by atoms with Gasteiger partial charge in [0.05, 0.1) is 13.5 Å². The molecule has 0 aliphatic carbocycles. The van der Waals surface area contributed by atoms with Crippen molar-refractivity contribution in [2.75, 3.05) is 12.4 Å². The number of hydrogen-bond donors (Lipinski definition) is 2. The maximum absolute atomic E-state index is 11.8. The van der Waals surface area contributed by atoms with Crippen molar-refractivity contribution in [3.05, 3.63) is 27.3 Å². The summed E-state index contributed by atoms with van der Waals surface area (Å²) >= 11 is 2.22.